The van der Waals surface area contributed by atoms with Crippen molar-refractivity contribution in [2.75, 3.05) is 13.6 Å². The Morgan fingerprint density at radius 3 is 2.76 bits per heavy atom. The molecule has 0 aliphatic carbocycles. The van der Waals surface area contributed by atoms with Crippen molar-refractivity contribution in [3.05, 3.63) is 35.7 Å². The van der Waals surface area contributed by atoms with Gasteiger partial charge in [-0.3, -0.25) is 4.99 Å². The maximum atomic E-state index is 5.35. The van der Waals surface area contributed by atoms with Crippen molar-refractivity contribution < 1.29 is 4.52 Å². The summed E-state index contributed by atoms with van der Waals surface area (Å²) >= 11 is 0. The Kier molecular flexibility index (Phi) is 10.1. The van der Waals surface area contributed by atoms with Gasteiger partial charge in [0, 0.05) is 32.1 Å². The minimum absolute atomic E-state index is 0. The summed E-state index contributed by atoms with van der Waals surface area (Å²) in [5.74, 6) is 2.15. The smallest absolute Gasteiger partial charge is 0.257 e. The van der Waals surface area contributed by atoms with Gasteiger partial charge in [-0.15, -0.1) is 24.0 Å². The number of nitrogens with zero attached hydrogens (tertiary/aromatic N) is 3. The number of aromatic nitrogens is 2. The van der Waals surface area contributed by atoms with Crippen LogP contribution in [0.1, 0.15) is 44.5 Å². The van der Waals surface area contributed by atoms with E-state index in [1.165, 1.54) is 0 Å². The number of rotatable bonds is 8. The number of halogens is 1. The van der Waals surface area contributed by atoms with E-state index >= 15 is 0 Å². The minimum atomic E-state index is 0. The molecule has 0 saturated heterocycles. The number of aryl methyl sites for hydroxylation is 1. The van der Waals surface area contributed by atoms with Crippen molar-refractivity contribution in [3.8, 4) is 11.5 Å². The van der Waals surface area contributed by atoms with Crippen molar-refractivity contribution in [3.63, 3.8) is 0 Å². The van der Waals surface area contributed by atoms with Crippen LogP contribution in [0.25, 0.3) is 11.5 Å². The topological polar surface area (TPSA) is 75.3 Å². The number of benzene rings is 1. The Morgan fingerprint density at radius 2 is 2.04 bits per heavy atom. The van der Waals surface area contributed by atoms with Gasteiger partial charge in [0.25, 0.3) is 5.89 Å². The third-order valence-electron chi connectivity index (χ3n) is 3.62. The molecule has 0 bridgehead atoms. The molecule has 0 fully saturated rings. The third-order valence-corrected chi connectivity index (χ3v) is 3.62. The molecular formula is C18H28IN5O. The zero-order valence-corrected chi connectivity index (χ0v) is 17.5. The van der Waals surface area contributed by atoms with E-state index < -0.39 is 0 Å². The van der Waals surface area contributed by atoms with Gasteiger partial charge in [0.2, 0.25) is 0 Å². The number of guanidine groups is 1. The second-order valence-corrected chi connectivity index (χ2v) is 5.67. The predicted molar refractivity (Wildman–Crippen MR) is 112 cm³/mol. The molecule has 0 atom stereocenters. The standard InChI is InChI=1S/C18H27N5O.HI/c1-4-6-11-20-18(19-3)21-13-14-9-7-10-15(12-14)17-22-16(8-5-2)23-24-17;/h7,9-10,12H,4-6,8,11,13H2,1-3H3,(H2,19,20,21);1H. The summed E-state index contributed by atoms with van der Waals surface area (Å²) in [7, 11) is 1.78. The molecule has 0 aliphatic heterocycles. The first-order chi connectivity index (χ1) is 11.8. The lowest BCUT2D eigenvalue weighted by Gasteiger charge is -2.11. The highest BCUT2D eigenvalue weighted by molar-refractivity contribution is 14.0. The van der Waals surface area contributed by atoms with Gasteiger partial charge in [0.05, 0.1) is 0 Å². The summed E-state index contributed by atoms with van der Waals surface area (Å²) in [5, 5.41) is 10.6. The van der Waals surface area contributed by atoms with Crippen molar-refractivity contribution in [2.24, 2.45) is 4.99 Å². The first-order valence-electron chi connectivity index (χ1n) is 8.63. The summed E-state index contributed by atoms with van der Waals surface area (Å²) in [6, 6.07) is 8.12. The van der Waals surface area contributed by atoms with Crippen LogP contribution in [0.2, 0.25) is 0 Å². The van der Waals surface area contributed by atoms with Crippen molar-refractivity contribution >= 4 is 29.9 Å². The average molecular weight is 457 g/mol. The van der Waals surface area contributed by atoms with E-state index in [-0.39, 0.29) is 24.0 Å². The predicted octanol–water partition coefficient (Wildman–Crippen LogP) is 3.77. The van der Waals surface area contributed by atoms with Crippen molar-refractivity contribution in [1.29, 1.82) is 0 Å². The van der Waals surface area contributed by atoms with Crippen LogP contribution in [-0.2, 0) is 13.0 Å². The largest absolute Gasteiger partial charge is 0.356 e. The molecule has 2 N–H and O–H groups in total. The third kappa shape index (κ3) is 7.01. The van der Waals surface area contributed by atoms with Gasteiger partial charge >= 0.3 is 0 Å². The van der Waals surface area contributed by atoms with E-state index in [4.69, 9.17) is 4.52 Å². The van der Waals surface area contributed by atoms with Crippen LogP contribution in [0, 0.1) is 0 Å². The molecule has 7 heteroatoms. The molecule has 2 aromatic rings. The van der Waals surface area contributed by atoms with Crippen molar-refractivity contribution in [2.45, 2.75) is 46.1 Å². The SMILES string of the molecule is CCCCNC(=NC)NCc1cccc(-c2nc(CCC)no2)c1.I. The second-order valence-electron chi connectivity index (χ2n) is 5.67. The zero-order valence-electron chi connectivity index (χ0n) is 15.2. The first-order valence-corrected chi connectivity index (χ1v) is 8.63. The first kappa shape index (κ1) is 21.4. The van der Waals surface area contributed by atoms with Crippen LogP contribution in [0.5, 0.6) is 0 Å². The number of hydrogen-bond acceptors (Lipinski definition) is 4. The molecular weight excluding hydrogens is 429 g/mol. The number of nitrogens with one attached hydrogen (secondary N) is 2. The van der Waals surface area contributed by atoms with E-state index in [0.29, 0.717) is 12.4 Å². The van der Waals surface area contributed by atoms with Crippen LogP contribution in [0.3, 0.4) is 0 Å². The van der Waals surface area contributed by atoms with Gasteiger partial charge in [-0.05, 0) is 30.5 Å². The molecule has 1 aromatic carbocycles. The molecule has 0 amide bonds. The molecule has 6 nitrogen and oxygen atoms in total. The molecule has 0 unspecified atom stereocenters. The summed E-state index contributed by atoms with van der Waals surface area (Å²) < 4.78 is 5.35. The fraction of sp³-hybridized carbons (Fsp3) is 0.500. The average Bonchev–Trinajstić information content (AvgIpc) is 3.07. The zero-order chi connectivity index (χ0) is 17.2. The van der Waals surface area contributed by atoms with Crippen LogP contribution in [-0.4, -0.2) is 29.7 Å². The van der Waals surface area contributed by atoms with E-state index in [0.717, 1.165) is 55.1 Å². The molecule has 2 rings (SSSR count). The normalized spacial score (nSPS) is 11.1. The maximum absolute atomic E-state index is 5.35. The van der Waals surface area contributed by atoms with Gasteiger partial charge in [-0.25, -0.2) is 0 Å². The second kappa shape index (κ2) is 11.8. The molecule has 0 aliphatic rings. The summed E-state index contributed by atoms with van der Waals surface area (Å²) in [6.45, 7) is 5.89. The molecule has 0 saturated carbocycles. The highest BCUT2D eigenvalue weighted by atomic mass is 127. The van der Waals surface area contributed by atoms with Crippen LogP contribution in [0.4, 0.5) is 0 Å². The fourth-order valence-corrected chi connectivity index (χ4v) is 2.30. The number of unbranched alkanes of at least 4 members (excludes halogenated alkanes) is 1. The number of aliphatic imine (C=N–C) groups is 1. The van der Waals surface area contributed by atoms with E-state index in [1.807, 2.05) is 12.1 Å². The Hall–Kier alpha value is -1.64. The van der Waals surface area contributed by atoms with E-state index in [1.54, 1.807) is 7.05 Å². The summed E-state index contributed by atoms with van der Waals surface area (Å²) in [6.07, 6.45) is 4.14. The molecule has 0 radical (unpaired) electrons. The van der Waals surface area contributed by atoms with Crippen molar-refractivity contribution in [1.82, 2.24) is 20.8 Å². The molecule has 138 valence electrons. The highest BCUT2D eigenvalue weighted by Crippen LogP contribution is 2.18. The fourth-order valence-electron chi connectivity index (χ4n) is 2.30. The van der Waals surface area contributed by atoms with Crippen LogP contribution >= 0.6 is 24.0 Å². The van der Waals surface area contributed by atoms with Crippen LogP contribution < -0.4 is 10.6 Å². The molecule has 25 heavy (non-hydrogen) atoms. The quantitative estimate of drug-likeness (QED) is 0.273. The Balaban J connectivity index is 0.00000312. The Morgan fingerprint density at radius 1 is 1.20 bits per heavy atom. The highest BCUT2D eigenvalue weighted by Gasteiger charge is 2.09. The molecule has 0 spiro atoms. The van der Waals surface area contributed by atoms with Gasteiger partial charge in [-0.2, -0.15) is 4.98 Å². The summed E-state index contributed by atoms with van der Waals surface area (Å²) in [5.41, 5.74) is 2.08. The van der Waals surface area contributed by atoms with Gasteiger partial charge in [-0.1, -0.05) is 37.6 Å². The lowest BCUT2D eigenvalue weighted by molar-refractivity contribution is 0.422. The van der Waals surface area contributed by atoms with Gasteiger partial charge in [0.1, 0.15) is 0 Å². The minimum Gasteiger partial charge on any atom is -0.356 e. The van der Waals surface area contributed by atoms with E-state index in [9.17, 15) is 0 Å². The monoisotopic (exact) mass is 457 g/mol. The van der Waals surface area contributed by atoms with Crippen LogP contribution in [0.15, 0.2) is 33.8 Å². The maximum Gasteiger partial charge on any atom is 0.257 e. The number of hydrogen-bond donors (Lipinski definition) is 2. The molecule has 1 heterocycles. The van der Waals surface area contributed by atoms with Gasteiger partial charge < -0.3 is 15.2 Å². The lowest BCUT2D eigenvalue weighted by atomic mass is 10.1. The van der Waals surface area contributed by atoms with E-state index in [2.05, 4.69) is 51.7 Å². The Labute approximate surface area is 166 Å². The lowest BCUT2D eigenvalue weighted by Crippen LogP contribution is -2.37. The summed E-state index contributed by atoms with van der Waals surface area (Å²) in [4.78, 5) is 8.67. The Bertz CT molecular complexity index is 656. The van der Waals surface area contributed by atoms with Gasteiger partial charge in [0.15, 0.2) is 11.8 Å². The molecule has 1 aromatic heterocycles.